The predicted molar refractivity (Wildman–Crippen MR) is 109 cm³/mol. The summed E-state index contributed by atoms with van der Waals surface area (Å²) in [6.45, 7) is 1.14. The summed E-state index contributed by atoms with van der Waals surface area (Å²) in [5, 5.41) is 0.630. The lowest BCUT2D eigenvalue weighted by Crippen LogP contribution is -2.61. The molecule has 2 saturated heterocycles. The number of amidine groups is 1. The van der Waals surface area contributed by atoms with E-state index in [4.69, 9.17) is 20.7 Å². The molecule has 2 aromatic carbocycles. The first kappa shape index (κ1) is 16.5. The number of fused-ring (bicyclic) bond motifs is 2. The first-order valence-electron chi connectivity index (χ1n) is 9.26. The van der Waals surface area contributed by atoms with Gasteiger partial charge in [0.1, 0.15) is 17.3 Å². The van der Waals surface area contributed by atoms with Gasteiger partial charge in [0.2, 0.25) is 0 Å². The summed E-state index contributed by atoms with van der Waals surface area (Å²) in [5.74, 6) is 3.94. The minimum atomic E-state index is 0.0884. The molecular weight excluding hydrogens is 364 g/mol. The third kappa shape index (κ3) is 2.62. The van der Waals surface area contributed by atoms with Crippen LogP contribution in [0.15, 0.2) is 52.9 Å². The normalized spacial score (nSPS) is 27.0. The Morgan fingerprint density at radius 3 is 2.62 bits per heavy atom. The van der Waals surface area contributed by atoms with E-state index in [1.54, 1.807) is 11.9 Å². The number of rotatable bonds is 3. The smallest absolute Gasteiger partial charge is 0.146 e. The van der Waals surface area contributed by atoms with Crippen molar-refractivity contribution in [2.75, 3.05) is 12.3 Å². The van der Waals surface area contributed by atoms with Gasteiger partial charge in [0.05, 0.1) is 10.4 Å². The number of nitrogens with zero attached hydrogens (tertiary/aromatic N) is 2. The van der Waals surface area contributed by atoms with E-state index >= 15 is 0 Å². The molecule has 3 nitrogen and oxygen atoms in total. The van der Waals surface area contributed by atoms with Crippen LogP contribution in [0.3, 0.4) is 0 Å². The highest BCUT2D eigenvalue weighted by molar-refractivity contribution is 7.98. The van der Waals surface area contributed by atoms with E-state index in [-0.39, 0.29) is 5.41 Å². The minimum Gasteiger partial charge on any atom is -0.456 e. The molecule has 1 saturated carbocycles. The Bertz CT molecular complexity index is 843. The van der Waals surface area contributed by atoms with Crippen molar-refractivity contribution >= 4 is 29.4 Å². The minimum absolute atomic E-state index is 0.0884. The number of hydrogen-bond donors (Lipinski definition) is 0. The molecule has 5 heteroatoms. The van der Waals surface area contributed by atoms with E-state index in [0.717, 1.165) is 18.0 Å². The first-order valence-corrected chi connectivity index (χ1v) is 10.6. The molecule has 3 aliphatic heterocycles. The second-order valence-electron chi connectivity index (χ2n) is 7.31. The molecule has 0 atom stereocenters. The van der Waals surface area contributed by atoms with Crippen LogP contribution in [0.25, 0.3) is 0 Å². The molecule has 2 bridgehead atoms. The number of halogens is 1. The van der Waals surface area contributed by atoms with Crippen molar-refractivity contribution in [3.63, 3.8) is 0 Å². The molecule has 4 aliphatic rings. The van der Waals surface area contributed by atoms with Crippen molar-refractivity contribution in [1.82, 2.24) is 4.90 Å². The lowest BCUT2D eigenvalue weighted by molar-refractivity contribution is 0.153. The topological polar surface area (TPSA) is 24.8 Å². The van der Waals surface area contributed by atoms with Crippen LogP contribution >= 0.6 is 23.5 Å². The lowest BCUT2D eigenvalue weighted by Gasteiger charge is -2.55. The average molecular weight is 385 g/mol. The maximum atomic E-state index is 6.20. The molecule has 1 aliphatic carbocycles. The summed E-state index contributed by atoms with van der Waals surface area (Å²) < 4.78 is 10.9. The highest BCUT2D eigenvalue weighted by Gasteiger charge is 2.51. The first-order chi connectivity index (χ1) is 12.8. The van der Waals surface area contributed by atoms with Crippen LogP contribution in [-0.4, -0.2) is 29.1 Å². The zero-order valence-electron chi connectivity index (χ0n) is 14.5. The number of ether oxygens (including phenoxy) is 1. The van der Waals surface area contributed by atoms with Crippen molar-refractivity contribution < 1.29 is 4.74 Å². The molecule has 0 unspecified atom stereocenters. The van der Waals surface area contributed by atoms with Crippen LogP contribution in [0.4, 0.5) is 0 Å². The van der Waals surface area contributed by atoms with Crippen LogP contribution in [-0.2, 0) is 5.41 Å². The van der Waals surface area contributed by atoms with Crippen molar-refractivity contribution in [2.45, 2.75) is 37.1 Å². The van der Waals surface area contributed by atoms with Gasteiger partial charge in [-0.05, 0) is 67.5 Å². The molecule has 0 amide bonds. The summed E-state index contributed by atoms with van der Waals surface area (Å²) >= 11 is 7.93. The van der Waals surface area contributed by atoms with Crippen LogP contribution in [0.5, 0.6) is 11.5 Å². The van der Waals surface area contributed by atoms with Gasteiger partial charge in [0.15, 0.2) is 0 Å². The van der Waals surface area contributed by atoms with E-state index in [9.17, 15) is 0 Å². The molecule has 26 heavy (non-hydrogen) atoms. The number of piperidine rings is 2. The fourth-order valence-corrected chi connectivity index (χ4v) is 5.61. The van der Waals surface area contributed by atoms with Crippen molar-refractivity contribution in [3.8, 4) is 11.5 Å². The molecule has 0 N–H and O–H groups in total. The van der Waals surface area contributed by atoms with E-state index in [1.807, 2.05) is 24.3 Å². The Labute approximate surface area is 163 Å². The third-order valence-electron chi connectivity index (χ3n) is 6.00. The Kier molecular flexibility index (Phi) is 4.13. The number of hydrogen-bond acceptors (Lipinski definition) is 4. The standard InChI is InChI=1S/C21H21ClN2OS/c22-18-3-1-2-4-19(18)25-17-7-5-15(6-8-17)21-11-9-16(10-12-21)24-13-14-26-23-20(21)24/h1-8,16H,9-14H2. The summed E-state index contributed by atoms with van der Waals surface area (Å²) in [6, 6.07) is 16.9. The quantitative estimate of drug-likeness (QED) is 0.635. The fourth-order valence-electron chi connectivity index (χ4n) is 4.67. The highest BCUT2D eigenvalue weighted by atomic mass is 35.5. The van der Waals surface area contributed by atoms with Gasteiger partial charge < -0.3 is 9.64 Å². The molecule has 134 valence electrons. The summed E-state index contributed by atoms with van der Waals surface area (Å²) in [7, 11) is 0. The second kappa shape index (κ2) is 6.50. The Morgan fingerprint density at radius 1 is 1.08 bits per heavy atom. The monoisotopic (exact) mass is 384 g/mol. The number of benzene rings is 2. The molecule has 0 spiro atoms. The second-order valence-corrected chi connectivity index (χ2v) is 8.57. The molecule has 2 aromatic rings. The van der Waals surface area contributed by atoms with Crippen LogP contribution in [0.1, 0.15) is 31.2 Å². The highest BCUT2D eigenvalue weighted by Crippen LogP contribution is 2.49. The lowest BCUT2D eigenvalue weighted by atomic mass is 9.63. The van der Waals surface area contributed by atoms with Gasteiger partial charge in [0.25, 0.3) is 0 Å². The molecule has 0 aromatic heterocycles. The van der Waals surface area contributed by atoms with Gasteiger partial charge in [-0.3, -0.25) is 0 Å². The van der Waals surface area contributed by atoms with Crippen LogP contribution in [0, 0.1) is 0 Å². The van der Waals surface area contributed by atoms with Crippen LogP contribution < -0.4 is 4.74 Å². The molecule has 3 fully saturated rings. The predicted octanol–water partition coefficient (Wildman–Crippen LogP) is 5.69. The Hall–Kier alpha value is -1.65. The molecule has 3 heterocycles. The van der Waals surface area contributed by atoms with E-state index in [0.29, 0.717) is 16.8 Å². The van der Waals surface area contributed by atoms with Gasteiger partial charge >= 0.3 is 0 Å². The van der Waals surface area contributed by atoms with E-state index in [1.165, 1.54) is 37.1 Å². The summed E-state index contributed by atoms with van der Waals surface area (Å²) in [4.78, 5) is 2.58. The maximum absolute atomic E-state index is 6.20. The van der Waals surface area contributed by atoms with Gasteiger partial charge in [0, 0.05) is 18.3 Å². The zero-order chi connectivity index (χ0) is 17.6. The maximum Gasteiger partial charge on any atom is 0.146 e. The van der Waals surface area contributed by atoms with Crippen molar-refractivity contribution in [3.05, 3.63) is 59.1 Å². The summed E-state index contributed by atoms with van der Waals surface area (Å²) in [5.41, 5.74) is 1.46. The van der Waals surface area contributed by atoms with Crippen molar-refractivity contribution in [1.29, 1.82) is 0 Å². The van der Waals surface area contributed by atoms with Gasteiger partial charge in [-0.25, -0.2) is 4.40 Å². The third-order valence-corrected chi connectivity index (χ3v) is 6.97. The zero-order valence-corrected chi connectivity index (χ0v) is 16.1. The van der Waals surface area contributed by atoms with Gasteiger partial charge in [-0.1, -0.05) is 35.9 Å². The molecular formula is C21H21ClN2OS. The fraction of sp³-hybridized carbons (Fsp3) is 0.381. The number of para-hydroxylation sites is 1. The SMILES string of the molecule is Clc1ccccc1Oc1ccc(C23CCC(CC2)N2CCSN=C23)cc1. The Balaban J connectivity index is 1.45. The van der Waals surface area contributed by atoms with Gasteiger partial charge in [-0.15, -0.1) is 0 Å². The van der Waals surface area contributed by atoms with Gasteiger partial charge in [-0.2, -0.15) is 0 Å². The largest absolute Gasteiger partial charge is 0.456 e. The summed E-state index contributed by atoms with van der Waals surface area (Å²) in [6.07, 6.45) is 4.97. The van der Waals surface area contributed by atoms with E-state index in [2.05, 4.69) is 29.2 Å². The average Bonchev–Trinajstić information content (AvgIpc) is 2.71. The molecule has 0 radical (unpaired) electrons. The van der Waals surface area contributed by atoms with Crippen LogP contribution in [0.2, 0.25) is 5.02 Å². The van der Waals surface area contributed by atoms with E-state index < -0.39 is 0 Å². The molecule has 6 rings (SSSR count). The Morgan fingerprint density at radius 2 is 1.85 bits per heavy atom. The van der Waals surface area contributed by atoms with Crippen molar-refractivity contribution in [2.24, 2.45) is 4.40 Å².